The molecule has 0 spiro atoms. The van der Waals surface area contributed by atoms with E-state index in [2.05, 4.69) is 0 Å². The van der Waals surface area contributed by atoms with Crippen molar-refractivity contribution in [2.75, 3.05) is 13.1 Å². The Balaban J connectivity index is 2.47. The average Bonchev–Trinajstić information content (AvgIpc) is 2.68. The summed E-state index contributed by atoms with van der Waals surface area (Å²) in [4.78, 5) is 23.6. The molecule has 0 aliphatic heterocycles. The van der Waals surface area contributed by atoms with Crippen molar-refractivity contribution in [3.05, 3.63) is 0 Å². The van der Waals surface area contributed by atoms with Crippen molar-refractivity contribution >= 4 is 11.9 Å². The summed E-state index contributed by atoms with van der Waals surface area (Å²) in [6, 6.07) is 1.46. The summed E-state index contributed by atoms with van der Waals surface area (Å²) in [6.07, 6.45) is 4.27. The Morgan fingerprint density at radius 1 is 1.44 bits per heavy atom. The number of hydrogen-bond donors (Lipinski definition) is 2. The minimum Gasteiger partial charge on any atom is -0.351 e. The SMILES string of the molecule is N#CCN(CC(=O)NC(N)=O)C1CCCC1. The van der Waals surface area contributed by atoms with Gasteiger partial charge >= 0.3 is 6.03 Å². The molecule has 0 heterocycles. The number of nitriles is 1. The van der Waals surface area contributed by atoms with Crippen LogP contribution in [0.2, 0.25) is 0 Å². The van der Waals surface area contributed by atoms with Crippen molar-refractivity contribution in [2.45, 2.75) is 31.7 Å². The zero-order chi connectivity index (χ0) is 12.0. The van der Waals surface area contributed by atoms with Crippen molar-refractivity contribution < 1.29 is 9.59 Å². The van der Waals surface area contributed by atoms with Crippen molar-refractivity contribution in [3.8, 4) is 6.07 Å². The molecule has 1 fully saturated rings. The minimum atomic E-state index is -0.853. The topological polar surface area (TPSA) is 99.2 Å². The molecule has 0 aromatic heterocycles. The van der Waals surface area contributed by atoms with E-state index in [4.69, 9.17) is 11.0 Å². The quantitative estimate of drug-likeness (QED) is 0.654. The van der Waals surface area contributed by atoms with Crippen LogP contribution in [-0.4, -0.2) is 36.0 Å². The third-order valence-corrected chi connectivity index (χ3v) is 2.72. The zero-order valence-electron chi connectivity index (χ0n) is 9.11. The third-order valence-electron chi connectivity index (χ3n) is 2.72. The number of rotatable bonds is 4. The van der Waals surface area contributed by atoms with Gasteiger partial charge in [0, 0.05) is 6.04 Å². The van der Waals surface area contributed by atoms with Crippen LogP contribution in [0.25, 0.3) is 0 Å². The van der Waals surface area contributed by atoms with Crippen molar-refractivity contribution in [1.82, 2.24) is 10.2 Å². The normalized spacial score (nSPS) is 16.0. The molecule has 3 N–H and O–H groups in total. The number of hydrogen-bond acceptors (Lipinski definition) is 4. The smallest absolute Gasteiger partial charge is 0.318 e. The van der Waals surface area contributed by atoms with E-state index in [0.29, 0.717) is 0 Å². The van der Waals surface area contributed by atoms with Gasteiger partial charge in [-0.15, -0.1) is 0 Å². The number of urea groups is 1. The molecule has 0 radical (unpaired) electrons. The van der Waals surface area contributed by atoms with E-state index in [1.807, 2.05) is 11.4 Å². The molecule has 0 aromatic carbocycles. The number of carbonyl (C=O) groups excluding carboxylic acids is 2. The van der Waals surface area contributed by atoms with Crippen LogP contribution in [0.3, 0.4) is 0 Å². The molecule has 0 bridgehead atoms. The van der Waals surface area contributed by atoms with Crippen LogP contribution >= 0.6 is 0 Å². The van der Waals surface area contributed by atoms with Crippen LogP contribution in [0.1, 0.15) is 25.7 Å². The van der Waals surface area contributed by atoms with Crippen LogP contribution in [0.4, 0.5) is 4.79 Å². The van der Waals surface area contributed by atoms with E-state index in [1.54, 1.807) is 4.90 Å². The van der Waals surface area contributed by atoms with Crippen molar-refractivity contribution in [3.63, 3.8) is 0 Å². The Labute approximate surface area is 94.4 Å². The molecular formula is C10H16N4O2. The molecular weight excluding hydrogens is 208 g/mol. The van der Waals surface area contributed by atoms with E-state index in [1.165, 1.54) is 0 Å². The Morgan fingerprint density at radius 3 is 2.56 bits per heavy atom. The first-order valence-corrected chi connectivity index (χ1v) is 5.33. The first-order valence-electron chi connectivity index (χ1n) is 5.33. The van der Waals surface area contributed by atoms with E-state index in [0.717, 1.165) is 25.7 Å². The lowest BCUT2D eigenvalue weighted by Gasteiger charge is -2.24. The lowest BCUT2D eigenvalue weighted by Crippen LogP contribution is -2.45. The van der Waals surface area contributed by atoms with Crippen LogP contribution in [0.5, 0.6) is 0 Å². The van der Waals surface area contributed by atoms with Gasteiger partial charge in [-0.3, -0.25) is 15.0 Å². The van der Waals surface area contributed by atoms with Gasteiger partial charge in [-0.2, -0.15) is 5.26 Å². The summed E-state index contributed by atoms with van der Waals surface area (Å²) in [6.45, 7) is 0.262. The van der Waals surface area contributed by atoms with Crippen LogP contribution in [-0.2, 0) is 4.79 Å². The number of carbonyl (C=O) groups is 2. The van der Waals surface area contributed by atoms with Crippen LogP contribution < -0.4 is 11.1 Å². The Kier molecular flexibility index (Phi) is 4.73. The first kappa shape index (κ1) is 12.5. The molecule has 1 aliphatic carbocycles. The predicted octanol–water partition coefficient (Wildman–Crippen LogP) is -0.0505. The summed E-state index contributed by atoms with van der Waals surface area (Å²) in [5.41, 5.74) is 4.84. The van der Waals surface area contributed by atoms with Crippen LogP contribution in [0.15, 0.2) is 0 Å². The van der Waals surface area contributed by atoms with Gasteiger partial charge in [-0.25, -0.2) is 4.79 Å². The fraction of sp³-hybridized carbons (Fsp3) is 0.700. The fourth-order valence-electron chi connectivity index (χ4n) is 2.04. The molecule has 0 aromatic rings. The van der Waals surface area contributed by atoms with Gasteiger partial charge < -0.3 is 5.73 Å². The number of primary amides is 1. The molecule has 0 saturated heterocycles. The summed E-state index contributed by atoms with van der Waals surface area (Å²) >= 11 is 0. The maximum Gasteiger partial charge on any atom is 0.318 e. The summed E-state index contributed by atoms with van der Waals surface area (Å²) in [7, 11) is 0. The van der Waals surface area contributed by atoms with Crippen LogP contribution in [0, 0.1) is 11.3 Å². The third kappa shape index (κ3) is 3.87. The van der Waals surface area contributed by atoms with E-state index in [-0.39, 0.29) is 19.1 Å². The van der Waals surface area contributed by atoms with Crippen molar-refractivity contribution in [1.29, 1.82) is 5.26 Å². The Hall–Kier alpha value is -1.61. The maximum atomic E-state index is 11.3. The fourth-order valence-corrected chi connectivity index (χ4v) is 2.04. The van der Waals surface area contributed by atoms with Gasteiger partial charge in [0.25, 0.3) is 0 Å². The summed E-state index contributed by atoms with van der Waals surface area (Å²) in [5, 5.41) is 10.7. The van der Waals surface area contributed by atoms with Gasteiger partial charge in [0.1, 0.15) is 0 Å². The van der Waals surface area contributed by atoms with Gasteiger partial charge in [-0.05, 0) is 12.8 Å². The number of nitrogens with zero attached hydrogens (tertiary/aromatic N) is 2. The molecule has 1 saturated carbocycles. The molecule has 0 atom stereocenters. The largest absolute Gasteiger partial charge is 0.351 e. The van der Waals surface area contributed by atoms with Gasteiger partial charge in [0.05, 0.1) is 19.2 Å². The van der Waals surface area contributed by atoms with Gasteiger partial charge in [0.15, 0.2) is 0 Å². The predicted molar refractivity (Wildman–Crippen MR) is 57.2 cm³/mol. The standard InChI is InChI=1S/C10H16N4O2/c11-5-6-14(8-3-1-2-4-8)7-9(15)13-10(12)16/h8H,1-4,6-7H2,(H3,12,13,15,16). The molecule has 88 valence electrons. The summed E-state index contributed by atoms with van der Waals surface area (Å²) < 4.78 is 0. The van der Waals surface area contributed by atoms with E-state index in [9.17, 15) is 9.59 Å². The molecule has 1 rings (SSSR count). The highest BCUT2D eigenvalue weighted by Gasteiger charge is 2.24. The molecule has 16 heavy (non-hydrogen) atoms. The maximum absolute atomic E-state index is 11.3. The molecule has 6 heteroatoms. The monoisotopic (exact) mass is 224 g/mol. The molecule has 1 aliphatic rings. The van der Waals surface area contributed by atoms with Gasteiger partial charge in [-0.1, -0.05) is 12.8 Å². The number of imide groups is 1. The Morgan fingerprint density at radius 2 is 2.06 bits per heavy atom. The van der Waals surface area contributed by atoms with E-state index >= 15 is 0 Å². The minimum absolute atomic E-state index is 0.0567. The Bertz CT molecular complexity index is 304. The number of amides is 3. The first-order chi connectivity index (χ1) is 7.63. The second-order valence-electron chi connectivity index (χ2n) is 3.91. The molecule has 3 amide bonds. The second kappa shape index (κ2) is 6.08. The zero-order valence-corrected chi connectivity index (χ0v) is 9.11. The lowest BCUT2D eigenvalue weighted by molar-refractivity contribution is -0.121. The highest BCUT2D eigenvalue weighted by Crippen LogP contribution is 2.22. The highest BCUT2D eigenvalue weighted by atomic mass is 16.2. The van der Waals surface area contributed by atoms with Crippen molar-refractivity contribution in [2.24, 2.45) is 5.73 Å². The van der Waals surface area contributed by atoms with Gasteiger partial charge in [0.2, 0.25) is 5.91 Å². The summed E-state index contributed by atoms with van der Waals surface area (Å²) in [5.74, 6) is -0.449. The number of nitrogens with two attached hydrogens (primary N) is 1. The molecule has 6 nitrogen and oxygen atoms in total. The van der Waals surface area contributed by atoms with E-state index < -0.39 is 11.9 Å². The number of nitrogens with one attached hydrogen (secondary N) is 1. The average molecular weight is 224 g/mol. The highest BCUT2D eigenvalue weighted by molar-refractivity contribution is 5.94. The lowest BCUT2D eigenvalue weighted by atomic mass is 10.2. The molecule has 0 unspecified atom stereocenters. The second-order valence-corrected chi connectivity index (χ2v) is 3.91.